The standard InChI is InChI=1S/C22H22N6O/c1-2-17(23)13-25-22(29)16-8-10-24-20(12-16)18-14-26-28-11-9-19(27-21(18)28)15-6-4-3-5-7-15/h3-12,14,17H,2,13,23H2,1H3,(H,25,29). The number of rotatable bonds is 6. The predicted octanol–water partition coefficient (Wildman–Crippen LogP) is 2.93. The van der Waals surface area contributed by atoms with Crippen molar-refractivity contribution in [3.8, 4) is 22.5 Å². The molecule has 0 spiro atoms. The van der Waals surface area contributed by atoms with Gasteiger partial charge in [-0.1, -0.05) is 37.3 Å². The third-order valence-corrected chi connectivity index (χ3v) is 4.79. The fourth-order valence-electron chi connectivity index (χ4n) is 3.01. The number of hydrogen-bond acceptors (Lipinski definition) is 5. The largest absolute Gasteiger partial charge is 0.350 e. The van der Waals surface area contributed by atoms with Gasteiger partial charge in [0.25, 0.3) is 5.91 Å². The van der Waals surface area contributed by atoms with Crippen LogP contribution in [0.2, 0.25) is 0 Å². The van der Waals surface area contributed by atoms with Crippen molar-refractivity contribution in [2.24, 2.45) is 5.73 Å². The molecule has 0 aliphatic rings. The van der Waals surface area contributed by atoms with E-state index in [1.807, 2.05) is 49.5 Å². The van der Waals surface area contributed by atoms with Crippen LogP contribution < -0.4 is 11.1 Å². The number of fused-ring (bicyclic) bond motifs is 1. The molecule has 0 saturated heterocycles. The first-order valence-corrected chi connectivity index (χ1v) is 9.55. The minimum atomic E-state index is -0.174. The minimum absolute atomic E-state index is 0.0551. The van der Waals surface area contributed by atoms with Crippen LogP contribution in [0.4, 0.5) is 0 Å². The molecule has 4 aromatic rings. The van der Waals surface area contributed by atoms with E-state index in [4.69, 9.17) is 10.7 Å². The topological polar surface area (TPSA) is 98.2 Å². The van der Waals surface area contributed by atoms with Crippen molar-refractivity contribution in [1.82, 2.24) is 24.9 Å². The molecule has 146 valence electrons. The van der Waals surface area contributed by atoms with Crippen molar-refractivity contribution in [2.45, 2.75) is 19.4 Å². The van der Waals surface area contributed by atoms with E-state index in [0.29, 0.717) is 23.4 Å². The first-order valence-electron chi connectivity index (χ1n) is 9.55. The van der Waals surface area contributed by atoms with Gasteiger partial charge in [-0.05, 0) is 24.6 Å². The Balaban J connectivity index is 1.67. The molecule has 3 aromatic heterocycles. The monoisotopic (exact) mass is 386 g/mol. The number of nitrogens with one attached hydrogen (secondary N) is 1. The average molecular weight is 386 g/mol. The van der Waals surface area contributed by atoms with Crippen LogP contribution in [0.15, 0.2) is 67.1 Å². The van der Waals surface area contributed by atoms with E-state index in [-0.39, 0.29) is 11.9 Å². The minimum Gasteiger partial charge on any atom is -0.350 e. The van der Waals surface area contributed by atoms with Crippen molar-refractivity contribution in [3.05, 3.63) is 72.7 Å². The molecule has 1 aromatic carbocycles. The summed E-state index contributed by atoms with van der Waals surface area (Å²) in [6.45, 7) is 2.43. The molecular weight excluding hydrogens is 364 g/mol. The SMILES string of the molecule is CCC(N)CNC(=O)c1ccnc(-c2cnn3ccc(-c4ccccc4)nc23)c1. The number of pyridine rings is 1. The van der Waals surface area contributed by atoms with Crippen LogP contribution in [-0.2, 0) is 0 Å². The fourth-order valence-corrected chi connectivity index (χ4v) is 3.01. The summed E-state index contributed by atoms with van der Waals surface area (Å²) in [5, 5.41) is 7.23. The molecule has 7 nitrogen and oxygen atoms in total. The van der Waals surface area contributed by atoms with Crippen LogP contribution in [-0.4, -0.2) is 38.1 Å². The van der Waals surface area contributed by atoms with Gasteiger partial charge in [-0.15, -0.1) is 0 Å². The molecule has 4 rings (SSSR count). The van der Waals surface area contributed by atoms with Crippen molar-refractivity contribution in [2.75, 3.05) is 6.54 Å². The Kier molecular flexibility index (Phi) is 5.31. The van der Waals surface area contributed by atoms with E-state index >= 15 is 0 Å². The molecule has 0 fully saturated rings. The van der Waals surface area contributed by atoms with Crippen LogP contribution in [0.25, 0.3) is 28.2 Å². The number of nitrogens with zero attached hydrogens (tertiary/aromatic N) is 4. The lowest BCUT2D eigenvalue weighted by Crippen LogP contribution is -2.36. The maximum atomic E-state index is 12.5. The van der Waals surface area contributed by atoms with Crippen LogP contribution >= 0.6 is 0 Å². The Morgan fingerprint density at radius 2 is 2.00 bits per heavy atom. The molecule has 1 unspecified atom stereocenters. The molecule has 1 atom stereocenters. The third kappa shape index (κ3) is 4.00. The van der Waals surface area contributed by atoms with Crippen LogP contribution in [0, 0.1) is 0 Å². The Labute approximate surface area is 168 Å². The highest BCUT2D eigenvalue weighted by Gasteiger charge is 2.14. The maximum Gasteiger partial charge on any atom is 0.251 e. The predicted molar refractivity (Wildman–Crippen MR) is 112 cm³/mol. The highest BCUT2D eigenvalue weighted by atomic mass is 16.1. The van der Waals surface area contributed by atoms with E-state index in [1.54, 1.807) is 29.0 Å². The molecular formula is C22H22N6O. The quantitative estimate of drug-likeness (QED) is 0.531. The summed E-state index contributed by atoms with van der Waals surface area (Å²) < 4.78 is 1.70. The average Bonchev–Trinajstić information content (AvgIpc) is 3.21. The summed E-state index contributed by atoms with van der Waals surface area (Å²) in [5.74, 6) is -0.174. The Hall–Kier alpha value is -3.58. The summed E-state index contributed by atoms with van der Waals surface area (Å²) in [7, 11) is 0. The van der Waals surface area contributed by atoms with Gasteiger partial charge in [0.15, 0.2) is 5.65 Å². The second-order valence-electron chi connectivity index (χ2n) is 6.81. The molecule has 1 amide bonds. The Morgan fingerprint density at radius 3 is 2.79 bits per heavy atom. The molecule has 0 aliphatic carbocycles. The highest BCUT2D eigenvalue weighted by molar-refractivity contribution is 5.95. The van der Waals surface area contributed by atoms with E-state index < -0.39 is 0 Å². The van der Waals surface area contributed by atoms with Gasteiger partial charge < -0.3 is 11.1 Å². The number of carbonyl (C=O) groups is 1. The van der Waals surface area contributed by atoms with Gasteiger partial charge in [0.1, 0.15) is 0 Å². The lowest BCUT2D eigenvalue weighted by atomic mass is 10.1. The second kappa shape index (κ2) is 8.20. The molecule has 0 bridgehead atoms. The van der Waals surface area contributed by atoms with Gasteiger partial charge >= 0.3 is 0 Å². The van der Waals surface area contributed by atoms with Gasteiger partial charge in [0.2, 0.25) is 0 Å². The lowest BCUT2D eigenvalue weighted by Gasteiger charge is -2.10. The maximum absolute atomic E-state index is 12.5. The van der Waals surface area contributed by atoms with Crippen LogP contribution in [0.3, 0.4) is 0 Å². The van der Waals surface area contributed by atoms with E-state index in [9.17, 15) is 4.79 Å². The van der Waals surface area contributed by atoms with E-state index in [2.05, 4.69) is 15.4 Å². The molecule has 0 saturated carbocycles. The van der Waals surface area contributed by atoms with Crippen molar-refractivity contribution in [1.29, 1.82) is 0 Å². The van der Waals surface area contributed by atoms with Gasteiger partial charge in [-0.25, -0.2) is 9.50 Å². The molecule has 29 heavy (non-hydrogen) atoms. The van der Waals surface area contributed by atoms with Gasteiger partial charge in [-0.3, -0.25) is 9.78 Å². The zero-order chi connectivity index (χ0) is 20.2. The number of aromatic nitrogens is 4. The zero-order valence-corrected chi connectivity index (χ0v) is 16.1. The summed E-state index contributed by atoms with van der Waals surface area (Å²) >= 11 is 0. The van der Waals surface area contributed by atoms with E-state index in [1.165, 1.54) is 0 Å². The van der Waals surface area contributed by atoms with Gasteiger partial charge in [-0.2, -0.15) is 5.10 Å². The first-order chi connectivity index (χ1) is 14.2. The van der Waals surface area contributed by atoms with E-state index in [0.717, 1.165) is 23.2 Å². The second-order valence-corrected chi connectivity index (χ2v) is 6.81. The fraction of sp³-hybridized carbons (Fsp3) is 0.182. The van der Waals surface area contributed by atoms with Crippen molar-refractivity contribution < 1.29 is 4.79 Å². The van der Waals surface area contributed by atoms with Crippen LogP contribution in [0.1, 0.15) is 23.7 Å². The van der Waals surface area contributed by atoms with Crippen molar-refractivity contribution >= 4 is 11.6 Å². The lowest BCUT2D eigenvalue weighted by molar-refractivity contribution is 0.0951. The van der Waals surface area contributed by atoms with Crippen LogP contribution in [0.5, 0.6) is 0 Å². The summed E-state index contributed by atoms with van der Waals surface area (Å²) in [4.78, 5) is 21.7. The van der Waals surface area contributed by atoms with Gasteiger partial charge in [0.05, 0.1) is 23.1 Å². The highest BCUT2D eigenvalue weighted by Crippen LogP contribution is 2.24. The zero-order valence-electron chi connectivity index (χ0n) is 16.1. The molecule has 3 N–H and O–H groups in total. The van der Waals surface area contributed by atoms with Crippen molar-refractivity contribution in [3.63, 3.8) is 0 Å². The molecule has 0 aliphatic heterocycles. The summed E-state index contributed by atoms with van der Waals surface area (Å²) in [6.07, 6.45) is 6.01. The normalized spacial score (nSPS) is 12.1. The number of benzene rings is 1. The third-order valence-electron chi connectivity index (χ3n) is 4.79. The Morgan fingerprint density at radius 1 is 1.17 bits per heavy atom. The number of nitrogens with two attached hydrogens (primary N) is 1. The smallest absolute Gasteiger partial charge is 0.251 e. The molecule has 3 heterocycles. The molecule has 7 heteroatoms. The Bertz CT molecular complexity index is 1140. The summed E-state index contributed by atoms with van der Waals surface area (Å²) in [6, 6.07) is 15.3. The first kappa shape index (κ1) is 18.8. The number of carbonyl (C=O) groups excluding carboxylic acids is 1. The van der Waals surface area contributed by atoms with Gasteiger partial charge in [0, 0.05) is 36.1 Å². The summed E-state index contributed by atoms with van der Waals surface area (Å²) in [5.41, 5.74) is 10.4. The molecule has 0 radical (unpaired) electrons. The number of amides is 1. The number of hydrogen-bond donors (Lipinski definition) is 2.